The number of hydrogen-bond acceptors (Lipinski definition) is 4. The molecular formula is C18H32N2O4. The van der Waals surface area contributed by atoms with Crippen LogP contribution < -0.4 is 0 Å². The number of hydrogen-bond donors (Lipinski definition) is 1. The summed E-state index contributed by atoms with van der Waals surface area (Å²) in [6, 6.07) is -0.835. The largest absolute Gasteiger partial charge is 0.444 e. The summed E-state index contributed by atoms with van der Waals surface area (Å²) in [5.41, 5.74) is -0.610. The van der Waals surface area contributed by atoms with Gasteiger partial charge in [-0.15, -0.1) is 6.58 Å². The number of carbonyl (C=O) groups excluding carboxylic acids is 2. The standard InChI is InChI=1S/C18H32N2O4/c1-7-8-15-16(22)19(14(12-21)11-13(2)3)9-10-20(15)17(23)24-18(4,5)6/h7,13-15,21H,1,8-12H2,2-6H3/t14-,15-/m0/s1. The molecule has 6 nitrogen and oxygen atoms in total. The maximum Gasteiger partial charge on any atom is 0.411 e. The van der Waals surface area contributed by atoms with Crippen LogP contribution in [0.5, 0.6) is 0 Å². The van der Waals surface area contributed by atoms with Gasteiger partial charge in [-0.1, -0.05) is 19.9 Å². The predicted octanol–water partition coefficient (Wildman–Crippen LogP) is 2.42. The maximum absolute atomic E-state index is 12.9. The normalized spacial score (nSPS) is 20.3. The molecule has 2 atom stereocenters. The van der Waals surface area contributed by atoms with Crippen molar-refractivity contribution in [2.45, 2.75) is 65.1 Å². The molecule has 1 heterocycles. The summed E-state index contributed by atoms with van der Waals surface area (Å²) in [7, 11) is 0. The number of piperazine rings is 1. The van der Waals surface area contributed by atoms with Gasteiger partial charge in [0, 0.05) is 13.1 Å². The monoisotopic (exact) mass is 340 g/mol. The lowest BCUT2D eigenvalue weighted by atomic mass is 9.99. The van der Waals surface area contributed by atoms with Crippen molar-refractivity contribution in [3.63, 3.8) is 0 Å². The highest BCUT2D eigenvalue weighted by Gasteiger charge is 2.40. The zero-order chi connectivity index (χ0) is 18.5. The van der Waals surface area contributed by atoms with Crippen LogP contribution in [0.2, 0.25) is 0 Å². The minimum atomic E-state index is -0.618. The smallest absolute Gasteiger partial charge is 0.411 e. The quantitative estimate of drug-likeness (QED) is 0.754. The highest BCUT2D eigenvalue weighted by molar-refractivity contribution is 5.87. The van der Waals surface area contributed by atoms with Gasteiger partial charge in [0.25, 0.3) is 0 Å². The van der Waals surface area contributed by atoms with Crippen molar-refractivity contribution in [2.24, 2.45) is 5.92 Å². The topological polar surface area (TPSA) is 70.1 Å². The van der Waals surface area contributed by atoms with E-state index >= 15 is 0 Å². The Hall–Kier alpha value is -1.56. The molecule has 1 aliphatic rings. The molecule has 0 bridgehead atoms. The van der Waals surface area contributed by atoms with E-state index in [1.165, 1.54) is 4.90 Å². The van der Waals surface area contributed by atoms with Crippen molar-refractivity contribution in [3.05, 3.63) is 12.7 Å². The van der Waals surface area contributed by atoms with Crippen LogP contribution in [-0.2, 0) is 9.53 Å². The van der Waals surface area contributed by atoms with E-state index in [-0.39, 0.29) is 18.6 Å². The van der Waals surface area contributed by atoms with Crippen LogP contribution >= 0.6 is 0 Å². The molecule has 2 amide bonds. The number of carbonyl (C=O) groups is 2. The SMILES string of the molecule is C=CC[C@H]1C(=O)N([C@H](CO)CC(C)C)CCN1C(=O)OC(C)(C)C. The molecule has 1 saturated heterocycles. The average molecular weight is 340 g/mol. The first-order valence-corrected chi connectivity index (χ1v) is 8.62. The Balaban J connectivity index is 2.94. The second-order valence-corrected chi connectivity index (χ2v) is 7.71. The number of amides is 2. The van der Waals surface area contributed by atoms with Gasteiger partial charge in [-0.05, 0) is 39.5 Å². The third-order valence-corrected chi connectivity index (χ3v) is 3.94. The molecule has 0 radical (unpaired) electrons. The highest BCUT2D eigenvalue weighted by Crippen LogP contribution is 2.22. The van der Waals surface area contributed by atoms with Gasteiger partial charge in [0.05, 0.1) is 12.6 Å². The van der Waals surface area contributed by atoms with Crippen molar-refractivity contribution in [3.8, 4) is 0 Å². The van der Waals surface area contributed by atoms with E-state index in [4.69, 9.17) is 4.74 Å². The maximum atomic E-state index is 12.9. The van der Waals surface area contributed by atoms with Crippen LogP contribution in [0.1, 0.15) is 47.5 Å². The Labute approximate surface area is 145 Å². The second-order valence-electron chi connectivity index (χ2n) is 7.71. The lowest BCUT2D eigenvalue weighted by Crippen LogP contribution is -2.62. The third-order valence-electron chi connectivity index (χ3n) is 3.94. The van der Waals surface area contributed by atoms with Crippen LogP contribution in [0.4, 0.5) is 4.79 Å². The summed E-state index contributed by atoms with van der Waals surface area (Å²) in [6.45, 7) is 14.0. The Morgan fingerprint density at radius 1 is 1.42 bits per heavy atom. The summed E-state index contributed by atoms with van der Waals surface area (Å²) < 4.78 is 5.42. The van der Waals surface area contributed by atoms with Gasteiger partial charge < -0.3 is 14.7 Å². The summed E-state index contributed by atoms with van der Waals surface area (Å²) in [6.07, 6.45) is 2.26. The van der Waals surface area contributed by atoms with E-state index in [9.17, 15) is 14.7 Å². The van der Waals surface area contributed by atoms with Crippen molar-refractivity contribution in [1.29, 1.82) is 0 Å². The van der Waals surface area contributed by atoms with Crippen LogP contribution in [0, 0.1) is 5.92 Å². The third kappa shape index (κ3) is 5.51. The first-order valence-electron chi connectivity index (χ1n) is 8.62. The van der Waals surface area contributed by atoms with E-state index < -0.39 is 17.7 Å². The number of rotatable bonds is 6. The van der Waals surface area contributed by atoms with Crippen molar-refractivity contribution in [2.75, 3.05) is 19.7 Å². The van der Waals surface area contributed by atoms with E-state index in [1.807, 2.05) is 0 Å². The molecule has 1 N–H and O–H groups in total. The fourth-order valence-electron chi connectivity index (χ4n) is 2.94. The van der Waals surface area contributed by atoms with Crippen LogP contribution in [0.25, 0.3) is 0 Å². The average Bonchev–Trinajstić information content (AvgIpc) is 2.45. The molecule has 1 aliphatic heterocycles. The van der Waals surface area contributed by atoms with Crippen molar-refractivity contribution in [1.82, 2.24) is 9.80 Å². The van der Waals surface area contributed by atoms with Gasteiger partial charge in [0.15, 0.2) is 0 Å². The molecule has 24 heavy (non-hydrogen) atoms. The molecule has 0 aliphatic carbocycles. The van der Waals surface area contributed by atoms with Gasteiger partial charge >= 0.3 is 6.09 Å². The van der Waals surface area contributed by atoms with E-state index in [0.29, 0.717) is 25.4 Å². The summed E-state index contributed by atoms with van der Waals surface area (Å²) in [4.78, 5) is 28.5. The zero-order valence-corrected chi connectivity index (χ0v) is 15.6. The molecule has 0 aromatic rings. The van der Waals surface area contributed by atoms with E-state index in [0.717, 1.165) is 6.42 Å². The van der Waals surface area contributed by atoms with Gasteiger partial charge in [0.2, 0.25) is 5.91 Å². The van der Waals surface area contributed by atoms with Gasteiger partial charge in [-0.2, -0.15) is 0 Å². The minimum Gasteiger partial charge on any atom is -0.444 e. The number of aliphatic hydroxyl groups excluding tert-OH is 1. The van der Waals surface area contributed by atoms with Gasteiger partial charge in [0.1, 0.15) is 11.6 Å². The first-order chi connectivity index (χ1) is 11.1. The van der Waals surface area contributed by atoms with Crippen LogP contribution in [-0.4, -0.2) is 64.3 Å². The fraction of sp³-hybridized carbons (Fsp3) is 0.778. The fourth-order valence-corrected chi connectivity index (χ4v) is 2.94. The summed E-state index contributed by atoms with van der Waals surface area (Å²) >= 11 is 0. The summed E-state index contributed by atoms with van der Waals surface area (Å²) in [5.74, 6) is 0.225. The van der Waals surface area contributed by atoms with Gasteiger partial charge in [-0.25, -0.2) is 4.79 Å². The number of ether oxygens (including phenoxy) is 1. The Morgan fingerprint density at radius 2 is 2.04 bits per heavy atom. The molecular weight excluding hydrogens is 308 g/mol. The molecule has 138 valence electrons. The van der Waals surface area contributed by atoms with Crippen molar-refractivity contribution >= 4 is 12.0 Å². The summed E-state index contributed by atoms with van der Waals surface area (Å²) in [5, 5.41) is 9.67. The minimum absolute atomic E-state index is 0.0723. The molecule has 0 aromatic carbocycles. The molecule has 0 saturated carbocycles. The zero-order valence-electron chi connectivity index (χ0n) is 15.6. The van der Waals surface area contributed by atoms with E-state index in [1.54, 1.807) is 31.7 Å². The first kappa shape index (κ1) is 20.5. The van der Waals surface area contributed by atoms with Gasteiger partial charge in [-0.3, -0.25) is 9.69 Å². The Morgan fingerprint density at radius 3 is 2.50 bits per heavy atom. The lowest BCUT2D eigenvalue weighted by molar-refractivity contribution is -0.145. The molecule has 0 spiro atoms. The van der Waals surface area contributed by atoms with Crippen LogP contribution in [0.3, 0.4) is 0 Å². The second kappa shape index (κ2) is 8.51. The van der Waals surface area contributed by atoms with E-state index in [2.05, 4.69) is 20.4 Å². The Bertz CT molecular complexity index is 456. The predicted molar refractivity (Wildman–Crippen MR) is 93.6 cm³/mol. The Kier molecular flexibility index (Phi) is 7.27. The van der Waals surface area contributed by atoms with Crippen LogP contribution in [0.15, 0.2) is 12.7 Å². The lowest BCUT2D eigenvalue weighted by Gasteiger charge is -2.43. The van der Waals surface area contributed by atoms with Crippen molar-refractivity contribution < 1.29 is 19.4 Å². The molecule has 1 rings (SSSR count). The number of nitrogens with zero attached hydrogens (tertiary/aromatic N) is 2. The number of aliphatic hydroxyl groups is 1. The molecule has 0 unspecified atom stereocenters. The molecule has 6 heteroatoms. The molecule has 0 aromatic heterocycles. The highest BCUT2D eigenvalue weighted by atomic mass is 16.6. The molecule has 1 fully saturated rings.